The summed E-state index contributed by atoms with van der Waals surface area (Å²) in [7, 11) is 0. The Labute approximate surface area is 104 Å². The Morgan fingerprint density at radius 1 is 1.35 bits per heavy atom. The summed E-state index contributed by atoms with van der Waals surface area (Å²) in [4.78, 5) is 14.6. The molecule has 3 fully saturated rings. The van der Waals surface area contributed by atoms with Gasteiger partial charge in [0.1, 0.15) is 0 Å². The molecule has 0 aromatic heterocycles. The molecule has 1 heterocycles. The third-order valence-corrected chi connectivity index (χ3v) is 5.23. The summed E-state index contributed by atoms with van der Waals surface area (Å²) >= 11 is 0. The van der Waals surface area contributed by atoms with Crippen molar-refractivity contribution in [3.05, 3.63) is 0 Å². The summed E-state index contributed by atoms with van der Waals surface area (Å²) in [5, 5.41) is 3.56. The summed E-state index contributed by atoms with van der Waals surface area (Å²) in [6, 6.07) is 0. The number of carbonyl (C=O) groups is 1. The number of rotatable bonds is 4. The third kappa shape index (κ3) is 1.62. The van der Waals surface area contributed by atoms with E-state index in [0.717, 1.165) is 25.8 Å². The fourth-order valence-corrected chi connectivity index (χ4v) is 3.28. The molecule has 3 rings (SSSR count). The number of amides is 1. The Balaban J connectivity index is 1.75. The maximum absolute atomic E-state index is 12.5. The summed E-state index contributed by atoms with van der Waals surface area (Å²) in [6.07, 6.45) is 6.03. The SMILES string of the molecule is CCC1NC2(CC2)C(=O)N1CC1(C(C)C)CC1. The van der Waals surface area contributed by atoms with E-state index in [1.165, 1.54) is 12.8 Å². The van der Waals surface area contributed by atoms with Gasteiger partial charge in [-0.05, 0) is 43.4 Å². The van der Waals surface area contributed by atoms with Gasteiger partial charge in [0, 0.05) is 6.54 Å². The van der Waals surface area contributed by atoms with E-state index in [1.807, 2.05) is 0 Å². The fourth-order valence-electron chi connectivity index (χ4n) is 3.28. The zero-order valence-electron chi connectivity index (χ0n) is 11.3. The van der Waals surface area contributed by atoms with Gasteiger partial charge < -0.3 is 4.90 Å². The van der Waals surface area contributed by atoms with E-state index in [0.29, 0.717) is 23.4 Å². The van der Waals surface area contributed by atoms with E-state index in [2.05, 4.69) is 31.0 Å². The van der Waals surface area contributed by atoms with Crippen molar-refractivity contribution in [1.82, 2.24) is 10.2 Å². The topological polar surface area (TPSA) is 32.3 Å². The zero-order chi connectivity index (χ0) is 12.3. The second kappa shape index (κ2) is 3.47. The standard InChI is InChI=1S/C14H24N2O/c1-4-11-15-14(7-8-14)12(17)16(11)9-13(5-6-13)10(2)3/h10-11,15H,4-9H2,1-3H3. The molecule has 1 N–H and O–H groups in total. The van der Waals surface area contributed by atoms with Gasteiger partial charge in [0.05, 0.1) is 11.7 Å². The highest BCUT2D eigenvalue weighted by molar-refractivity contribution is 5.91. The van der Waals surface area contributed by atoms with Crippen LogP contribution < -0.4 is 5.32 Å². The number of carbonyl (C=O) groups excluding carboxylic acids is 1. The first-order valence-corrected chi connectivity index (χ1v) is 7.12. The highest BCUT2D eigenvalue weighted by Gasteiger charge is 2.60. The van der Waals surface area contributed by atoms with Crippen LogP contribution in [-0.2, 0) is 4.79 Å². The number of nitrogens with one attached hydrogen (secondary N) is 1. The molecule has 1 amide bonds. The van der Waals surface area contributed by atoms with Crippen molar-refractivity contribution in [2.24, 2.45) is 11.3 Å². The van der Waals surface area contributed by atoms with Gasteiger partial charge in [-0.1, -0.05) is 20.8 Å². The van der Waals surface area contributed by atoms with Gasteiger partial charge in [-0.2, -0.15) is 0 Å². The molecule has 0 radical (unpaired) electrons. The van der Waals surface area contributed by atoms with Crippen molar-refractivity contribution in [2.45, 2.75) is 64.6 Å². The molecule has 0 aromatic carbocycles. The molecular formula is C14H24N2O. The molecule has 1 saturated heterocycles. The molecule has 1 spiro atoms. The molecule has 3 heteroatoms. The predicted octanol–water partition coefficient (Wildman–Crippen LogP) is 2.12. The van der Waals surface area contributed by atoms with Crippen LogP contribution in [0.25, 0.3) is 0 Å². The second-order valence-electron chi connectivity index (χ2n) is 6.60. The van der Waals surface area contributed by atoms with Crippen LogP contribution in [0.1, 0.15) is 52.9 Å². The molecule has 17 heavy (non-hydrogen) atoms. The van der Waals surface area contributed by atoms with Gasteiger partial charge in [0.15, 0.2) is 0 Å². The van der Waals surface area contributed by atoms with Crippen molar-refractivity contribution < 1.29 is 4.79 Å². The maximum Gasteiger partial charge on any atom is 0.244 e. The lowest BCUT2D eigenvalue weighted by molar-refractivity contribution is -0.131. The van der Waals surface area contributed by atoms with Gasteiger partial charge in [-0.15, -0.1) is 0 Å². The average Bonchev–Trinajstić information content (AvgIpc) is 3.17. The molecule has 2 aliphatic carbocycles. The maximum atomic E-state index is 12.5. The molecule has 3 aliphatic rings. The van der Waals surface area contributed by atoms with Gasteiger partial charge in [-0.25, -0.2) is 0 Å². The highest BCUT2D eigenvalue weighted by atomic mass is 16.2. The smallest absolute Gasteiger partial charge is 0.244 e. The third-order valence-electron chi connectivity index (χ3n) is 5.23. The normalized spacial score (nSPS) is 32.6. The van der Waals surface area contributed by atoms with Gasteiger partial charge in [0.2, 0.25) is 5.91 Å². The average molecular weight is 236 g/mol. The Kier molecular flexibility index (Phi) is 2.35. The predicted molar refractivity (Wildman–Crippen MR) is 67.4 cm³/mol. The van der Waals surface area contributed by atoms with Crippen molar-refractivity contribution in [2.75, 3.05) is 6.54 Å². The number of nitrogens with zero attached hydrogens (tertiary/aromatic N) is 1. The first kappa shape index (κ1) is 11.5. The minimum atomic E-state index is -0.131. The molecule has 1 unspecified atom stereocenters. The molecule has 3 nitrogen and oxygen atoms in total. The van der Waals surface area contributed by atoms with E-state index in [4.69, 9.17) is 0 Å². The highest BCUT2D eigenvalue weighted by Crippen LogP contribution is 2.54. The summed E-state index contributed by atoms with van der Waals surface area (Å²) in [5.74, 6) is 1.08. The lowest BCUT2D eigenvalue weighted by atomic mass is 9.91. The zero-order valence-corrected chi connectivity index (χ0v) is 11.3. The van der Waals surface area contributed by atoms with E-state index in [1.54, 1.807) is 0 Å². The van der Waals surface area contributed by atoms with Gasteiger partial charge in [-0.3, -0.25) is 10.1 Å². The molecule has 1 aliphatic heterocycles. The van der Waals surface area contributed by atoms with Crippen LogP contribution >= 0.6 is 0 Å². The van der Waals surface area contributed by atoms with Crippen LogP contribution in [0, 0.1) is 11.3 Å². The van der Waals surface area contributed by atoms with Gasteiger partial charge in [0.25, 0.3) is 0 Å². The Hall–Kier alpha value is -0.570. The van der Waals surface area contributed by atoms with E-state index in [9.17, 15) is 4.79 Å². The van der Waals surface area contributed by atoms with Crippen LogP contribution in [0.2, 0.25) is 0 Å². The first-order valence-electron chi connectivity index (χ1n) is 7.12. The number of hydrogen-bond donors (Lipinski definition) is 1. The molecule has 0 aromatic rings. The molecule has 2 saturated carbocycles. The van der Waals surface area contributed by atoms with E-state index >= 15 is 0 Å². The summed E-state index contributed by atoms with van der Waals surface area (Å²) in [5.41, 5.74) is 0.304. The lowest BCUT2D eigenvalue weighted by Crippen LogP contribution is -2.41. The second-order valence-corrected chi connectivity index (χ2v) is 6.60. The van der Waals surface area contributed by atoms with Crippen molar-refractivity contribution >= 4 is 5.91 Å². The first-order chi connectivity index (χ1) is 8.03. The largest absolute Gasteiger partial charge is 0.325 e. The fraction of sp³-hybridized carbons (Fsp3) is 0.929. The van der Waals surface area contributed by atoms with Crippen LogP contribution in [0.3, 0.4) is 0 Å². The Bertz CT molecular complexity index is 342. The molecule has 0 bridgehead atoms. The molecular weight excluding hydrogens is 212 g/mol. The molecule has 1 atom stereocenters. The summed E-state index contributed by atoms with van der Waals surface area (Å²) < 4.78 is 0. The Morgan fingerprint density at radius 3 is 2.41 bits per heavy atom. The van der Waals surface area contributed by atoms with Crippen molar-refractivity contribution in [3.8, 4) is 0 Å². The number of hydrogen-bond acceptors (Lipinski definition) is 2. The van der Waals surface area contributed by atoms with Crippen molar-refractivity contribution in [1.29, 1.82) is 0 Å². The van der Waals surface area contributed by atoms with E-state index < -0.39 is 0 Å². The van der Waals surface area contributed by atoms with Crippen LogP contribution in [0.5, 0.6) is 0 Å². The Morgan fingerprint density at radius 2 is 2.00 bits per heavy atom. The minimum absolute atomic E-state index is 0.131. The van der Waals surface area contributed by atoms with E-state index in [-0.39, 0.29) is 5.54 Å². The lowest BCUT2D eigenvalue weighted by Gasteiger charge is -2.30. The van der Waals surface area contributed by atoms with Crippen LogP contribution in [0.15, 0.2) is 0 Å². The van der Waals surface area contributed by atoms with Crippen LogP contribution in [-0.4, -0.2) is 29.1 Å². The van der Waals surface area contributed by atoms with Crippen molar-refractivity contribution in [3.63, 3.8) is 0 Å². The van der Waals surface area contributed by atoms with Crippen LogP contribution in [0.4, 0.5) is 0 Å². The van der Waals surface area contributed by atoms with Gasteiger partial charge >= 0.3 is 0 Å². The summed E-state index contributed by atoms with van der Waals surface area (Å²) in [6.45, 7) is 7.76. The monoisotopic (exact) mass is 236 g/mol. The quantitative estimate of drug-likeness (QED) is 0.811. The minimum Gasteiger partial charge on any atom is -0.325 e. The molecule has 96 valence electrons.